The Morgan fingerprint density at radius 3 is 2.27 bits per heavy atom. The molecule has 0 saturated carbocycles. The average Bonchev–Trinajstić information content (AvgIpc) is 2.17. The predicted molar refractivity (Wildman–Crippen MR) is 41.7 cm³/mol. The van der Waals surface area contributed by atoms with Crippen molar-refractivity contribution in [1.82, 2.24) is 9.78 Å². The summed E-state index contributed by atoms with van der Waals surface area (Å²) in [5, 5.41) is 3.93. The lowest BCUT2D eigenvalue weighted by Gasteiger charge is -1.98. The van der Waals surface area contributed by atoms with E-state index in [2.05, 4.69) is 5.10 Å². The van der Waals surface area contributed by atoms with Gasteiger partial charge in [-0.1, -0.05) is 13.8 Å². The van der Waals surface area contributed by atoms with Gasteiger partial charge in [0.2, 0.25) is 5.95 Å². The topological polar surface area (TPSA) is 43.8 Å². The zero-order valence-corrected chi connectivity index (χ0v) is 6.93. The van der Waals surface area contributed by atoms with Gasteiger partial charge in [0, 0.05) is 7.05 Å². The molecule has 0 unspecified atom stereocenters. The number of anilines is 1. The zero-order chi connectivity index (χ0) is 8.59. The molecule has 4 heteroatoms. The summed E-state index contributed by atoms with van der Waals surface area (Å²) in [6.45, 7) is 3.86. The summed E-state index contributed by atoms with van der Waals surface area (Å²) >= 11 is 0. The summed E-state index contributed by atoms with van der Waals surface area (Å²) in [6.07, 6.45) is 0. The molecular weight excluding hydrogens is 145 g/mol. The molecule has 1 rings (SSSR count). The molecule has 0 atom stereocenters. The molecule has 11 heavy (non-hydrogen) atoms. The molecule has 1 heterocycles. The number of nitrogens with two attached hydrogens (primary N) is 1. The molecule has 0 radical (unpaired) electrons. The SMILES string of the molecule is CC(C)c1nn(C)c(F)c1N. The smallest absolute Gasteiger partial charge is 0.234 e. The Morgan fingerprint density at radius 1 is 1.55 bits per heavy atom. The first-order valence-electron chi connectivity index (χ1n) is 3.52. The number of nitrogen functional groups attached to an aromatic ring is 1. The molecule has 1 aromatic rings. The van der Waals surface area contributed by atoms with Gasteiger partial charge >= 0.3 is 0 Å². The standard InChI is InChI=1S/C7H12FN3/c1-4(2)6-5(9)7(8)11(3)10-6/h4H,9H2,1-3H3. The van der Waals surface area contributed by atoms with Crippen LogP contribution in [0.5, 0.6) is 0 Å². The van der Waals surface area contributed by atoms with Crippen LogP contribution in [-0.2, 0) is 7.05 Å². The zero-order valence-electron chi connectivity index (χ0n) is 6.93. The molecule has 0 spiro atoms. The van der Waals surface area contributed by atoms with Gasteiger partial charge in [0.25, 0.3) is 0 Å². The Kier molecular flexibility index (Phi) is 1.85. The Hall–Kier alpha value is -1.06. The van der Waals surface area contributed by atoms with Crippen molar-refractivity contribution in [3.63, 3.8) is 0 Å². The van der Waals surface area contributed by atoms with Crippen molar-refractivity contribution in [3.8, 4) is 0 Å². The molecule has 0 bridgehead atoms. The van der Waals surface area contributed by atoms with E-state index in [9.17, 15) is 4.39 Å². The number of aromatic nitrogens is 2. The fourth-order valence-corrected chi connectivity index (χ4v) is 0.966. The van der Waals surface area contributed by atoms with Gasteiger partial charge in [0.15, 0.2) is 0 Å². The van der Waals surface area contributed by atoms with Crippen molar-refractivity contribution in [2.75, 3.05) is 5.73 Å². The summed E-state index contributed by atoms with van der Waals surface area (Å²) in [5.74, 6) is -0.278. The highest BCUT2D eigenvalue weighted by Gasteiger charge is 2.14. The van der Waals surface area contributed by atoms with Crippen molar-refractivity contribution in [3.05, 3.63) is 11.6 Å². The van der Waals surface area contributed by atoms with E-state index in [1.807, 2.05) is 13.8 Å². The van der Waals surface area contributed by atoms with Crippen LogP contribution in [0.15, 0.2) is 0 Å². The Labute approximate surface area is 65.0 Å². The van der Waals surface area contributed by atoms with Gasteiger partial charge in [0.05, 0.1) is 5.69 Å². The molecule has 62 valence electrons. The second-order valence-corrected chi connectivity index (χ2v) is 2.87. The molecule has 0 saturated heterocycles. The summed E-state index contributed by atoms with van der Waals surface area (Å²) < 4.78 is 14.0. The molecule has 0 aromatic carbocycles. The Bertz CT molecular complexity index is 265. The maximum absolute atomic E-state index is 12.9. The van der Waals surface area contributed by atoms with Crippen LogP contribution in [-0.4, -0.2) is 9.78 Å². The molecule has 2 N–H and O–H groups in total. The quantitative estimate of drug-likeness (QED) is 0.667. The second-order valence-electron chi connectivity index (χ2n) is 2.87. The highest BCUT2D eigenvalue weighted by atomic mass is 19.1. The highest BCUT2D eigenvalue weighted by molar-refractivity contribution is 5.43. The lowest BCUT2D eigenvalue weighted by atomic mass is 10.1. The van der Waals surface area contributed by atoms with Gasteiger partial charge in [0.1, 0.15) is 5.69 Å². The first-order chi connectivity index (χ1) is 5.04. The Balaban J connectivity index is 3.19. The first kappa shape index (κ1) is 8.04. The highest BCUT2D eigenvalue weighted by Crippen LogP contribution is 2.21. The minimum atomic E-state index is -0.450. The van der Waals surface area contributed by atoms with Gasteiger partial charge < -0.3 is 5.73 Å². The van der Waals surface area contributed by atoms with Crippen LogP contribution in [0.3, 0.4) is 0 Å². The van der Waals surface area contributed by atoms with Crippen LogP contribution >= 0.6 is 0 Å². The second kappa shape index (κ2) is 2.53. The average molecular weight is 157 g/mol. The molecule has 0 aliphatic carbocycles. The molecule has 0 amide bonds. The summed E-state index contributed by atoms with van der Waals surface area (Å²) in [6, 6.07) is 0. The van der Waals surface area contributed by atoms with E-state index in [1.54, 1.807) is 0 Å². The summed E-state index contributed by atoms with van der Waals surface area (Å²) in [4.78, 5) is 0. The third-order valence-corrected chi connectivity index (χ3v) is 1.59. The first-order valence-corrected chi connectivity index (χ1v) is 3.52. The van der Waals surface area contributed by atoms with E-state index in [0.29, 0.717) is 5.69 Å². The van der Waals surface area contributed by atoms with Crippen LogP contribution in [0, 0.1) is 5.95 Å². The molecule has 0 fully saturated rings. The lowest BCUT2D eigenvalue weighted by Crippen LogP contribution is -1.95. The van der Waals surface area contributed by atoms with E-state index in [1.165, 1.54) is 7.05 Å². The number of rotatable bonds is 1. The van der Waals surface area contributed by atoms with Crippen molar-refractivity contribution in [2.24, 2.45) is 7.05 Å². The van der Waals surface area contributed by atoms with Crippen LogP contribution in [0.4, 0.5) is 10.1 Å². The van der Waals surface area contributed by atoms with Crippen molar-refractivity contribution in [2.45, 2.75) is 19.8 Å². The van der Waals surface area contributed by atoms with Crippen LogP contribution in [0.1, 0.15) is 25.5 Å². The lowest BCUT2D eigenvalue weighted by molar-refractivity contribution is 0.505. The largest absolute Gasteiger partial charge is 0.393 e. The van der Waals surface area contributed by atoms with Crippen LogP contribution in [0.25, 0.3) is 0 Å². The van der Waals surface area contributed by atoms with Crippen molar-refractivity contribution >= 4 is 5.69 Å². The normalized spacial score (nSPS) is 11.0. The summed E-state index contributed by atoms with van der Waals surface area (Å²) in [5.41, 5.74) is 6.24. The third kappa shape index (κ3) is 1.20. The minimum absolute atomic E-state index is 0.169. The van der Waals surface area contributed by atoms with Gasteiger partial charge in [-0.05, 0) is 5.92 Å². The van der Waals surface area contributed by atoms with Gasteiger partial charge in [-0.2, -0.15) is 9.49 Å². The maximum atomic E-state index is 12.9. The predicted octanol–water partition coefficient (Wildman–Crippen LogP) is 1.26. The van der Waals surface area contributed by atoms with Crippen molar-refractivity contribution < 1.29 is 4.39 Å². The fourth-order valence-electron chi connectivity index (χ4n) is 0.966. The number of halogens is 1. The molecule has 3 nitrogen and oxygen atoms in total. The monoisotopic (exact) mass is 157 g/mol. The van der Waals surface area contributed by atoms with Gasteiger partial charge in [-0.15, -0.1) is 0 Å². The summed E-state index contributed by atoms with van der Waals surface area (Å²) in [7, 11) is 1.54. The molecule has 0 aliphatic heterocycles. The number of aryl methyl sites for hydroxylation is 1. The number of hydrogen-bond donors (Lipinski definition) is 1. The van der Waals surface area contributed by atoms with E-state index in [0.717, 1.165) is 4.68 Å². The van der Waals surface area contributed by atoms with E-state index >= 15 is 0 Å². The molecule has 1 aromatic heterocycles. The van der Waals surface area contributed by atoms with Gasteiger partial charge in [-0.25, -0.2) is 4.68 Å². The Morgan fingerprint density at radius 2 is 2.09 bits per heavy atom. The minimum Gasteiger partial charge on any atom is -0.393 e. The number of hydrogen-bond acceptors (Lipinski definition) is 2. The van der Waals surface area contributed by atoms with E-state index < -0.39 is 5.95 Å². The molecular formula is C7H12FN3. The van der Waals surface area contributed by atoms with E-state index in [4.69, 9.17) is 5.73 Å². The van der Waals surface area contributed by atoms with E-state index in [-0.39, 0.29) is 11.6 Å². The van der Waals surface area contributed by atoms with Crippen LogP contribution in [0.2, 0.25) is 0 Å². The van der Waals surface area contributed by atoms with Gasteiger partial charge in [-0.3, -0.25) is 0 Å². The maximum Gasteiger partial charge on any atom is 0.234 e. The fraction of sp³-hybridized carbons (Fsp3) is 0.571. The molecule has 0 aliphatic rings. The van der Waals surface area contributed by atoms with Crippen molar-refractivity contribution in [1.29, 1.82) is 0 Å². The van der Waals surface area contributed by atoms with Crippen LogP contribution < -0.4 is 5.73 Å². The third-order valence-electron chi connectivity index (χ3n) is 1.59. The number of nitrogens with zero attached hydrogens (tertiary/aromatic N) is 2.